The molecule has 0 aromatic carbocycles. The van der Waals surface area contributed by atoms with Crippen molar-refractivity contribution < 1.29 is 9.47 Å². The first kappa shape index (κ1) is 10.8. The lowest BCUT2D eigenvalue weighted by Gasteiger charge is -2.54. The van der Waals surface area contributed by atoms with E-state index < -0.39 is 0 Å². The average Bonchev–Trinajstić information content (AvgIpc) is 2.72. The van der Waals surface area contributed by atoms with Gasteiger partial charge in [-0.05, 0) is 38.5 Å². The van der Waals surface area contributed by atoms with Crippen LogP contribution in [0, 0.1) is 11.3 Å². The molecule has 2 atom stereocenters. The maximum absolute atomic E-state index is 6.04. The van der Waals surface area contributed by atoms with Crippen molar-refractivity contribution in [3.8, 4) is 0 Å². The first-order chi connectivity index (χ1) is 7.66. The topological polar surface area (TPSA) is 18.5 Å². The fraction of sp³-hybridized carbons (Fsp3) is 0.857. The lowest BCUT2D eigenvalue weighted by molar-refractivity contribution is -0.268. The Hall–Kier alpha value is -0.340. The van der Waals surface area contributed by atoms with Crippen LogP contribution in [-0.2, 0) is 9.47 Å². The smallest absolute Gasteiger partial charge is 0.174 e. The van der Waals surface area contributed by atoms with Crippen LogP contribution < -0.4 is 0 Å². The van der Waals surface area contributed by atoms with Crippen LogP contribution in [0.5, 0.6) is 0 Å². The fourth-order valence-electron chi connectivity index (χ4n) is 3.93. The lowest BCUT2D eigenvalue weighted by atomic mass is 9.58. The summed E-state index contributed by atoms with van der Waals surface area (Å²) in [6.45, 7) is 6.21. The van der Waals surface area contributed by atoms with Crippen LogP contribution in [0.4, 0.5) is 0 Å². The van der Waals surface area contributed by atoms with Crippen LogP contribution >= 0.6 is 0 Å². The molecule has 2 fully saturated rings. The van der Waals surface area contributed by atoms with Crippen molar-refractivity contribution in [1.82, 2.24) is 0 Å². The van der Waals surface area contributed by atoms with Crippen molar-refractivity contribution in [1.29, 1.82) is 0 Å². The summed E-state index contributed by atoms with van der Waals surface area (Å²) in [5.74, 6) is 0.497. The molecule has 1 heterocycles. The van der Waals surface area contributed by atoms with Crippen LogP contribution in [0.15, 0.2) is 11.6 Å². The fourth-order valence-corrected chi connectivity index (χ4v) is 3.93. The Morgan fingerprint density at radius 1 is 1.31 bits per heavy atom. The SMILES string of the molecule is CC1=CC[C@]2(C)[C@@H](CCCC23OCCO3)C1. The molecule has 2 heteroatoms. The van der Waals surface area contributed by atoms with Gasteiger partial charge in [0.2, 0.25) is 0 Å². The van der Waals surface area contributed by atoms with Crippen molar-refractivity contribution in [3.05, 3.63) is 11.6 Å². The van der Waals surface area contributed by atoms with E-state index >= 15 is 0 Å². The summed E-state index contributed by atoms with van der Waals surface area (Å²) in [5, 5.41) is 0. The minimum Gasteiger partial charge on any atom is -0.347 e. The molecule has 1 aliphatic heterocycles. The third-order valence-electron chi connectivity index (χ3n) is 5.03. The van der Waals surface area contributed by atoms with E-state index in [1.165, 1.54) is 19.3 Å². The standard InChI is InChI=1S/C14H22O2/c1-11-5-7-13(2)12(10-11)4-3-6-14(13)15-8-9-16-14/h5,12H,3-4,6-10H2,1-2H3/t12-,13+/m0/s1. The number of hydrogen-bond donors (Lipinski definition) is 0. The molecule has 0 radical (unpaired) electrons. The van der Waals surface area contributed by atoms with Gasteiger partial charge in [0.1, 0.15) is 0 Å². The molecule has 1 spiro atoms. The Kier molecular flexibility index (Phi) is 2.41. The van der Waals surface area contributed by atoms with Gasteiger partial charge in [0.05, 0.1) is 13.2 Å². The minimum absolute atomic E-state index is 0.210. The monoisotopic (exact) mass is 222 g/mol. The normalized spacial score (nSPS) is 41.9. The third kappa shape index (κ3) is 1.32. The molecular weight excluding hydrogens is 200 g/mol. The molecule has 1 saturated heterocycles. The molecule has 0 aromatic heterocycles. The van der Waals surface area contributed by atoms with Gasteiger partial charge in [0, 0.05) is 11.8 Å². The van der Waals surface area contributed by atoms with Crippen LogP contribution in [-0.4, -0.2) is 19.0 Å². The van der Waals surface area contributed by atoms with E-state index in [-0.39, 0.29) is 11.2 Å². The van der Waals surface area contributed by atoms with Crippen LogP contribution in [0.3, 0.4) is 0 Å². The number of rotatable bonds is 0. The van der Waals surface area contributed by atoms with Crippen molar-refractivity contribution in [2.24, 2.45) is 11.3 Å². The molecule has 2 aliphatic carbocycles. The summed E-state index contributed by atoms with van der Waals surface area (Å²) in [4.78, 5) is 0. The summed E-state index contributed by atoms with van der Waals surface area (Å²) in [6.07, 6.45) is 8.46. The number of hydrogen-bond acceptors (Lipinski definition) is 2. The van der Waals surface area contributed by atoms with Gasteiger partial charge < -0.3 is 9.47 Å². The second-order valence-corrected chi connectivity index (χ2v) is 5.92. The largest absolute Gasteiger partial charge is 0.347 e. The quantitative estimate of drug-likeness (QED) is 0.586. The van der Waals surface area contributed by atoms with E-state index in [0.717, 1.165) is 32.0 Å². The van der Waals surface area contributed by atoms with Gasteiger partial charge in [-0.15, -0.1) is 0 Å². The number of allylic oxidation sites excluding steroid dienone is 2. The maximum atomic E-state index is 6.04. The second-order valence-electron chi connectivity index (χ2n) is 5.92. The Bertz CT molecular complexity index is 315. The van der Waals surface area contributed by atoms with Gasteiger partial charge in [-0.1, -0.05) is 18.6 Å². The zero-order chi connectivity index (χ0) is 11.2. The van der Waals surface area contributed by atoms with Crippen LogP contribution in [0.1, 0.15) is 46.0 Å². The van der Waals surface area contributed by atoms with Gasteiger partial charge >= 0.3 is 0 Å². The maximum Gasteiger partial charge on any atom is 0.174 e. The lowest BCUT2D eigenvalue weighted by Crippen LogP contribution is -2.55. The van der Waals surface area contributed by atoms with E-state index in [1.807, 2.05) is 0 Å². The Balaban J connectivity index is 1.96. The zero-order valence-electron chi connectivity index (χ0n) is 10.4. The highest BCUT2D eigenvalue weighted by molar-refractivity contribution is 5.15. The predicted molar refractivity (Wildman–Crippen MR) is 63.1 cm³/mol. The van der Waals surface area contributed by atoms with E-state index in [9.17, 15) is 0 Å². The summed E-state index contributed by atoms with van der Waals surface area (Å²) in [5.41, 5.74) is 1.76. The summed E-state index contributed by atoms with van der Waals surface area (Å²) in [7, 11) is 0. The first-order valence-corrected chi connectivity index (χ1v) is 6.60. The highest BCUT2D eigenvalue weighted by Gasteiger charge is 2.58. The second kappa shape index (κ2) is 3.58. The molecule has 0 amide bonds. The molecule has 2 nitrogen and oxygen atoms in total. The number of ether oxygens (including phenoxy) is 2. The van der Waals surface area contributed by atoms with Crippen LogP contribution in [0.25, 0.3) is 0 Å². The van der Waals surface area contributed by atoms with Gasteiger partial charge in [-0.2, -0.15) is 0 Å². The van der Waals surface area contributed by atoms with Gasteiger partial charge in [-0.3, -0.25) is 0 Å². The zero-order valence-corrected chi connectivity index (χ0v) is 10.4. The van der Waals surface area contributed by atoms with Crippen molar-refractivity contribution in [2.75, 3.05) is 13.2 Å². The van der Waals surface area contributed by atoms with E-state index in [4.69, 9.17) is 9.47 Å². The highest BCUT2D eigenvalue weighted by Crippen LogP contribution is 2.57. The highest BCUT2D eigenvalue weighted by atomic mass is 16.7. The Morgan fingerprint density at radius 3 is 2.81 bits per heavy atom. The molecular formula is C14H22O2. The van der Waals surface area contributed by atoms with Gasteiger partial charge in [0.25, 0.3) is 0 Å². The Morgan fingerprint density at radius 2 is 2.06 bits per heavy atom. The molecule has 3 aliphatic rings. The van der Waals surface area contributed by atoms with Crippen molar-refractivity contribution in [3.63, 3.8) is 0 Å². The Labute approximate surface area is 98.0 Å². The molecule has 0 unspecified atom stereocenters. The van der Waals surface area contributed by atoms with E-state index in [0.29, 0.717) is 0 Å². The minimum atomic E-state index is -0.257. The molecule has 16 heavy (non-hydrogen) atoms. The van der Waals surface area contributed by atoms with E-state index in [1.54, 1.807) is 5.57 Å². The molecule has 3 rings (SSSR count). The van der Waals surface area contributed by atoms with Gasteiger partial charge in [-0.25, -0.2) is 0 Å². The first-order valence-electron chi connectivity index (χ1n) is 6.60. The van der Waals surface area contributed by atoms with Crippen molar-refractivity contribution >= 4 is 0 Å². The molecule has 0 N–H and O–H groups in total. The van der Waals surface area contributed by atoms with Gasteiger partial charge in [0.15, 0.2) is 5.79 Å². The number of fused-ring (bicyclic) bond motifs is 2. The van der Waals surface area contributed by atoms with E-state index in [2.05, 4.69) is 19.9 Å². The molecule has 1 saturated carbocycles. The average molecular weight is 222 g/mol. The van der Waals surface area contributed by atoms with Crippen LogP contribution in [0.2, 0.25) is 0 Å². The van der Waals surface area contributed by atoms with Crippen molar-refractivity contribution in [2.45, 2.75) is 51.7 Å². The molecule has 90 valence electrons. The molecule has 0 bridgehead atoms. The predicted octanol–water partition coefficient (Wildman–Crippen LogP) is 3.28. The summed E-state index contributed by atoms with van der Waals surface area (Å²) in [6, 6.07) is 0. The molecule has 0 aromatic rings. The summed E-state index contributed by atoms with van der Waals surface area (Å²) >= 11 is 0. The third-order valence-corrected chi connectivity index (χ3v) is 5.03. The summed E-state index contributed by atoms with van der Waals surface area (Å²) < 4.78 is 12.1.